The van der Waals surface area contributed by atoms with Crippen LogP contribution in [0, 0.1) is 18.3 Å². The summed E-state index contributed by atoms with van der Waals surface area (Å²) in [7, 11) is -7.32. The van der Waals surface area contributed by atoms with Crippen molar-refractivity contribution >= 4 is 37.5 Å². The second-order valence-electron chi connectivity index (χ2n) is 8.64. The number of aryl methyl sites for hydroxylation is 1. The van der Waals surface area contributed by atoms with Crippen molar-refractivity contribution in [2.45, 2.75) is 17.7 Å². The van der Waals surface area contributed by atoms with Crippen molar-refractivity contribution < 1.29 is 21.6 Å². The minimum Gasteiger partial charge on any atom is -0.338 e. The average molecular weight is 557 g/mol. The predicted octanol–water partition coefficient (Wildman–Crippen LogP) is 0.755. The quantitative estimate of drug-likeness (QED) is 0.434. The number of amides is 1. The molecule has 1 aliphatic heterocycles. The molecule has 0 atom stereocenters. The van der Waals surface area contributed by atoms with E-state index in [1.54, 1.807) is 31.2 Å². The van der Waals surface area contributed by atoms with Gasteiger partial charge in [0.25, 0.3) is 15.9 Å². The molecule has 1 aliphatic rings. The lowest BCUT2D eigenvalue weighted by molar-refractivity contribution is 0.102. The Hall–Kier alpha value is -4.00. The summed E-state index contributed by atoms with van der Waals surface area (Å²) in [6.07, 6.45) is 1.08. The maximum absolute atomic E-state index is 13.1. The summed E-state index contributed by atoms with van der Waals surface area (Å²) in [5.74, 6) is -0.514. The maximum Gasteiger partial charge on any atom is 0.262 e. The van der Waals surface area contributed by atoms with E-state index < -0.39 is 25.8 Å². The van der Waals surface area contributed by atoms with E-state index in [0.717, 1.165) is 6.26 Å². The van der Waals surface area contributed by atoms with Crippen molar-refractivity contribution in [1.29, 1.82) is 5.26 Å². The molecule has 15 heteroatoms. The SMILES string of the molecule is Cc1cc(C#N)nc(N2CCN(S(=O)(=O)c3ccc(NC(=O)c4ccccc4CS(C)(=O)=O)nn3)CC2)n1. The fourth-order valence-corrected chi connectivity index (χ4v) is 5.98. The third-order valence-electron chi connectivity index (χ3n) is 5.64. The number of aromatic nitrogens is 4. The van der Waals surface area contributed by atoms with Gasteiger partial charge in [0.2, 0.25) is 5.95 Å². The Morgan fingerprint density at radius 3 is 2.37 bits per heavy atom. The minimum atomic E-state index is -3.95. The number of sulfone groups is 1. The van der Waals surface area contributed by atoms with Gasteiger partial charge in [-0.1, -0.05) is 18.2 Å². The standard InChI is InChI=1S/C23H24N8O5S2/c1-16-13-18(14-24)26-23(25-16)30-9-11-31(12-10-30)38(35,36)21-8-7-20(28-29-21)27-22(32)19-6-4-3-5-17(19)15-37(2,33)34/h3-8,13H,9-12,15H2,1-2H3,(H,27,28,32). The number of rotatable bonds is 7. The van der Waals surface area contributed by atoms with Gasteiger partial charge in [-0.25, -0.2) is 26.8 Å². The molecule has 1 N–H and O–H groups in total. The van der Waals surface area contributed by atoms with Gasteiger partial charge < -0.3 is 10.2 Å². The molecule has 0 spiro atoms. The fraction of sp³-hybridized carbons (Fsp3) is 0.304. The van der Waals surface area contributed by atoms with Gasteiger partial charge in [0, 0.05) is 43.7 Å². The Morgan fingerprint density at radius 1 is 1.03 bits per heavy atom. The van der Waals surface area contributed by atoms with Gasteiger partial charge in [0.15, 0.2) is 20.7 Å². The zero-order valence-electron chi connectivity index (χ0n) is 20.6. The van der Waals surface area contributed by atoms with Crippen LogP contribution < -0.4 is 10.2 Å². The first-order chi connectivity index (χ1) is 18.0. The van der Waals surface area contributed by atoms with Gasteiger partial charge in [-0.15, -0.1) is 10.2 Å². The van der Waals surface area contributed by atoms with Crippen LogP contribution in [0.5, 0.6) is 0 Å². The molecule has 38 heavy (non-hydrogen) atoms. The van der Waals surface area contributed by atoms with E-state index in [0.29, 0.717) is 30.3 Å². The molecule has 1 aromatic carbocycles. The molecule has 0 bridgehead atoms. The first-order valence-electron chi connectivity index (χ1n) is 11.4. The average Bonchev–Trinajstić information content (AvgIpc) is 2.88. The molecule has 198 valence electrons. The van der Waals surface area contributed by atoms with E-state index in [9.17, 15) is 21.6 Å². The van der Waals surface area contributed by atoms with Crippen molar-refractivity contribution in [3.8, 4) is 6.07 Å². The highest BCUT2D eigenvalue weighted by Gasteiger charge is 2.31. The predicted molar refractivity (Wildman–Crippen MR) is 137 cm³/mol. The number of carbonyl (C=O) groups is 1. The van der Waals surface area contributed by atoms with Gasteiger partial charge in [-0.3, -0.25) is 4.79 Å². The largest absolute Gasteiger partial charge is 0.338 e. The number of benzene rings is 1. The molecule has 2 aromatic heterocycles. The van der Waals surface area contributed by atoms with Crippen molar-refractivity contribution in [1.82, 2.24) is 24.5 Å². The summed E-state index contributed by atoms with van der Waals surface area (Å²) in [4.78, 5) is 23.1. The van der Waals surface area contributed by atoms with Crippen molar-refractivity contribution in [3.05, 3.63) is 65.0 Å². The van der Waals surface area contributed by atoms with E-state index in [1.165, 1.54) is 22.5 Å². The molecule has 3 heterocycles. The molecule has 0 saturated carbocycles. The van der Waals surface area contributed by atoms with E-state index in [-0.39, 0.29) is 40.9 Å². The number of nitrogens with zero attached hydrogens (tertiary/aromatic N) is 7. The van der Waals surface area contributed by atoms with Crippen molar-refractivity contribution in [2.24, 2.45) is 0 Å². The second-order valence-corrected chi connectivity index (χ2v) is 12.7. The highest BCUT2D eigenvalue weighted by atomic mass is 32.2. The molecule has 0 aliphatic carbocycles. The molecule has 1 fully saturated rings. The van der Waals surface area contributed by atoms with Crippen molar-refractivity contribution in [3.63, 3.8) is 0 Å². The number of nitrogens with one attached hydrogen (secondary N) is 1. The summed E-state index contributed by atoms with van der Waals surface area (Å²) in [6.45, 7) is 2.70. The Balaban J connectivity index is 1.43. The number of hydrogen-bond donors (Lipinski definition) is 1. The smallest absolute Gasteiger partial charge is 0.262 e. The second kappa shape index (κ2) is 10.8. The zero-order chi connectivity index (χ0) is 27.5. The van der Waals surface area contributed by atoms with E-state index in [1.807, 2.05) is 11.0 Å². The summed E-state index contributed by atoms with van der Waals surface area (Å²) >= 11 is 0. The number of anilines is 2. The monoisotopic (exact) mass is 556 g/mol. The Kier molecular flexibility index (Phi) is 7.67. The number of hydrogen-bond acceptors (Lipinski definition) is 11. The number of carbonyl (C=O) groups excluding carboxylic acids is 1. The van der Waals surface area contributed by atoms with Gasteiger partial charge >= 0.3 is 0 Å². The first kappa shape index (κ1) is 27.0. The maximum atomic E-state index is 13.1. The van der Waals surface area contributed by atoms with Crippen molar-refractivity contribution in [2.75, 3.05) is 42.7 Å². The Morgan fingerprint density at radius 2 is 1.74 bits per heavy atom. The summed E-state index contributed by atoms with van der Waals surface area (Å²) in [5.41, 5.74) is 1.37. The number of sulfonamides is 1. The Labute approximate surface area is 220 Å². The van der Waals surface area contributed by atoms with E-state index in [4.69, 9.17) is 5.26 Å². The van der Waals surface area contributed by atoms with Gasteiger partial charge in [0.05, 0.1) is 5.75 Å². The van der Waals surface area contributed by atoms with Gasteiger partial charge in [0.1, 0.15) is 11.8 Å². The lowest BCUT2D eigenvalue weighted by atomic mass is 10.1. The first-order valence-corrected chi connectivity index (χ1v) is 14.9. The zero-order valence-corrected chi connectivity index (χ0v) is 22.2. The summed E-state index contributed by atoms with van der Waals surface area (Å²) < 4.78 is 50.9. The summed E-state index contributed by atoms with van der Waals surface area (Å²) in [6, 6.07) is 12.4. The van der Waals surface area contributed by atoms with E-state index in [2.05, 4.69) is 25.5 Å². The normalized spacial score (nSPS) is 14.6. The van der Waals surface area contributed by atoms with Crippen LogP contribution in [-0.4, -0.2) is 79.6 Å². The fourth-order valence-electron chi connectivity index (χ4n) is 3.87. The highest BCUT2D eigenvalue weighted by molar-refractivity contribution is 7.90. The molecule has 0 radical (unpaired) electrons. The van der Waals surface area contributed by atoms with Crippen LogP contribution >= 0.6 is 0 Å². The van der Waals surface area contributed by atoms with Crippen LogP contribution in [0.1, 0.15) is 27.3 Å². The van der Waals surface area contributed by atoms with E-state index >= 15 is 0 Å². The van der Waals surface area contributed by atoms with Gasteiger partial charge in [-0.05, 0) is 36.8 Å². The lowest BCUT2D eigenvalue weighted by Crippen LogP contribution is -2.49. The third-order valence-corrected chi connectivity index (χ3v) is 8.27. The number of piperazine rings is 1. The lowest BCUT2D eigenvalue weighted by Gasteiger charge is -2.33. The molecule has 1 saturated heterocycles. The highest BCUT2D eigenvalue weighted by Crippen LogP contribution is 2.20. The van der Waals surface area contributed by atoms with Crippen LogP contribution in [0.25, 0.3) is 0 Å². The molecular weight excluding hydrogens is 532 g/mol. The van der Waals surface area contributed by atoms with Crippen LogP contribution in [0.15, 0.2) is 47.5 Å². The Bertz CT molecular complexity index is 1610. The molecular formula is C23H24N8O5S2. The van der Waals surface area contributed by atoms with Crippen LogP contribution in [0.3, 0.4) is 0 Å². The molecule has 1 amide bonds. The molecule has 4 rings (SSSR count). The minimum absolute atomic E-state index is 0.0119. The topological polar surface area (TPSA) is 179 Å². The molecule has 13 nitrogen and oxygen atoms in total. The summed E-state index contributed by atoms with van der Waals surface area (Å²) in [5, 5.41) is 19.0. The van der Waals surface area contributed by atoms with Crippen LogP contribution in [-0.2, 0) is 25.6 Å². The van der Waals surface area contributed by atoms with Gasteiger partial charge in [-0.2, -0.15) is 9.57 Å². The molecule has 0 unspecified atom stereocenters. The molecule has 3 aromatic rings. The van der Waals surface area contributed by atoms with Crippen LogP contribution in [0.2, 0.25) is 0 Å². The third kappa shape index (κ3) is 6.28. The number of nitriles is 1. The van der Waals surface area contributed by atoms with Crippen LogP contribution in [0.4, 0.5) is 11.8 Å².